The summed E-state index contributed by atoms with van der Waals surface area (Å²) >= 11 is 1.65. The normalized spacial score (nSPS) is 10.8. The van der Waals surface area contributed by atoms with Crippen LogP contribution in [0.3, 0.4) is 0 Å². The molecule has 31 heavy (non-hydrogen) atoms. The van der Waals surface area contributed by atoms with Gasteiger partial charge in [-0.05, 0) is 45.0 Å². The average molecular weight is 435 g/mol. The fraction of sp³-hybridized carbons (Fsp3) is 0.227. The number of carbonyl (C=O) groups excluding carboxylic acids is 1. The quantitative estimate of drug-likeness (QED) is 0.423. The summed E-state index contributed by atoms with van der Waals surface area (Å²) in [7, 11) is 0. The molecule has 0 atom stereocenters. The summed E-state index contributed by atoms with van der Waals surface area (Å²) in [4.78, 5) is 27.8. The van der Waals surface area contributed by atoms with E-state index in [1.165, 1.54) is 4.88 Å². The molecule has 0 saturated heterocycles. The molecule has 4 aromatic heterocycles. The van der Waals surface area contributed by atoms with Crippen LogP contribution in [0.2, 0.25) is 0 Å². The maximum atomic E-state index is 12.3. The van der Waals surface area contributed by atoms with Gasteiger partial charge in [-0.3, -0.25) is 9.78 Å². The molecule has 0 bridgehead atoms. The molecule has 2 N–H and O–H groups in total. The first kappa shape index (κ1) is 20.7. The van der Waals surface area contributed by atoms with Crippen molar-refractivity contribution in [1.29, 1.82) is 0 Å². The van der Waals surface area contributed by atoms with E-state index in [4.69, 9.17) is 9.51 Å². The zero-order valence-electron chi connectivity index (χ0n) is 17.5. The van der Waals surface area contributed by atoms with E-state index >= 15 is 0 Å². The summed E-state index contributed by atoms with van der Waals surface area (Å²) in [5.74, 6) is 0.955. The highest BCUT2D eigenvalue weighted by molar-refractivity contribution is 7.15. The number of nitrogens with zero attached hydrogens (tertiary/aromatic N) is 4. The van der Waals surface area contributed by atoms with Crippen molar-refractivity contribution in [2.24, 2.45) is 0 Å². The lowest BCUT2D eigenvalue weighted by Gasteiger charge is -2.10. The van der Waals surface area contributed by atoms with Crippen molar-refractivity contribution < 1.29 is 9.32 Å². The Kier molecular flexibility index (Phi) is 6.03. The van der Waals surface area contributed by atoms with E-state index < -0.39 is 0 Å². The predicted molar refractivity (Wildman–Crippen MR) is 120 cm³/mol. The number of aromatic nitrogens is 4. The fourth-order valence-electron chi connectivity index (χ4n) is 3.06. The minimum absolute atomic E-state index is 0.154. The lowest BCUT2D eigenvalue weighted by molar-refractivity contribution is 0.0954. The van der Waals surface area contributed by atoms with Crippen LogP contribution in [0, 0.1) is 20.8 Å². The molecule has 9 heteroatoms. The van der Waals surface area contributed by atoms with Crippen LogP contribution in [0.5, 0.6) is 0 Å². The Morgan fingerprint density at radius 2 is 2.00 bits per heavy atom. The second-order valence-corrected chi connectivity index (χ2v) is 8.31. The van der Waals surface area contributed by atoms with E-state index in [-0.39, 0.29) is 5.91 Å². The smallest absolute Gasteiger partial charge is 0.253 e. The Hall–Kier alpha value is -3.59. The Balaban J connectivity index is 1.46. The molecular weight excluding hydrogens is 412 g/mol. The summed E-state index contributed by atoms with van der Waals surface area (Å²) in [6.07, 6.45) is 3.40. The zero-order chi connectivity index (χ0) is 21.8. The van der Waals surface area contributed by atoms with Crippen LogP contribution < -0.4 is 10.6 Å². The Morgan fingerprint density at radius 3 is 2.71 bits per heavy atom. The summed E-state index contributed by atoms with van der Waals surface area (Å²) < 4.78 is 5.44. The summed E-state index contributed by atoms with van der Waals surface area (Å²) in [6, 6.07) is 9.47. The highest BCUT2D eigenvalue weighted by Crippen LogP contribution is 2.35. The van der Waals surface area contributed by atoms with Crippen molar-refractivity contribution >= 4 is 23.2 Å². The molecule has 8 nitrogen and oxygen atoms in total. The van der Waals surface area contributed by atoms with Crippen molar-refractivity contribution in [2.45, 2.75) is 20.8 Å². The van der Waals surface area contributed by atoms with E-state index in [0.29, 0.717) is 36.1 Å². The first-order chi connectivity index (χ1) is 15.0. The number of hydrogen-bond acceptors (Lipinski definition) is 8. The molecule has 0 radical (unpaired) electrons. The third-order valence-corrected chi connectivity index (χ3v) is 5.61. The molecule has 0 aliphatic rings. The number of anilines is 1. The van der Waals surface area contributed by atoms with Gasteiger partial charge in [-0.2, -0.15) is 0 Å². The standard InChI is InChI=1S/C22H22N6O2S/c1-13-11-18(30-28-13)17-12-26-22(27-20(17)19-7-6-14(2)31-19)25-10-9-24-21(29)16-5-4-8-23-15(16)3/h4-8,11-12H,9-10H2,1-3H3,(H,24,29)(H,25,26,27). The van der Waals surface area contributed by atoms with Crippen LogP contribution in [-0.4, -0.2) is 39.1 Å². The van der Waals surface area contributed by atoms with Crippen LogP contribution in [0.4, 0.5) is 5.95 Å². The minimum atomic E-state index is -0.154. The van der Waals surface area contributed by atoms with Gasteiger partial charge in [0.2, 0.25) is 5.95 Å². The van der Waals surface area contributed by atoms with Gasteiger partial charge in [-0.25, -0.2) is 9.97 Å². The van der Waals surface area contributed by atoms with Crippen LogP contribution in [0.25, 0.3) is 21.9 Å². The van der Waals surface area contributed by atoms with E-state index in [2.05, 4.69) is 38.7 Å². The second-order valence-electron chi connectivity index (χ2n) is 7.02. The largest absolute Gasteiger partial charge is 0.356 e. The molecule has 0 aliphatic heterocycles. The van der Waals surface area contributed by atoms with Gasteiger partial charge < -0.3 is 15.2 Å². The average Bonchev–Trinajstić information content (AvgIpc) is 3.39. The van der Waals surface area contributed by atoms with E-state index in [1.807, 2.05) is 26.0 Å². The molecule has 4 heterocycles. The Labute approximate surface area is 183 Å². The van der Waals surface area contributed by atoms with Gasteiger partial charge in [0.25, 0.3) is 5.91 Å². The lowest BCUT2D eigenvalue weighted by atomic mass is 10.1. The van der Waals surface area contributed by atoms with Gasteiger partial charge in [0.05, 0.1) is 27.4 Å². The van der Waals surface area contributed by atoms with E-state index in [1.54, 1.807) is 35.9 Å². The summed E-state index contributed by atoms with van der Waals surface area (Å²) in [6.45, 7) is 6.65. The van der Waals surface area contributed by atoms with Crippen LogP contribution in [0.1, 0.15) is 26.6 Å². The molecule has 0 fully saturated rings. The van der Waals surface area contributed by atoms with E-state index in [9.17, 15) is 4.79 Å². The van der Waals surface area contributed by atoms with Crippen LogP contribution in [-0.2, 0) is 0 Å². The molecule has 0 aliphatic carbocycles. The third kappa shape index (κ3) is 4.77. The second kappa shape index (κ2) is 9.05. The number of aryl methyl sites for hydroxylation is 3. The summed E-state index contributed by atoms with van der Waals surface area (Å²) in [5, 5.41) is 10.0. The highest BCUT2D eigenvalue weighted by Gasteiger charge is 2.16. The van der Waals surface area contributed by atoms with Crippen LogP contribution >= 0.6 is 11.3 Å². The molecule has 158 valence electrons. The molecule has 0 spiro atoms. The molecule has 4 aromatic rings. The molecule has 4 rings (SSSR count). The minimum Gasteiger partial charge on any atom is -0.356 e. The SMILES string of the molecule is Cc1cc(-c2cnc(NCCNC(=O)c3cccnc3C)nc2-c2ccc(C)s2)on1. The van der Waals surface area contributed by atoms with E-state index in [0.717, 1.165) is 21.8 Å². The summed E-state index contributed by atoms with van der Waals surface area (Å²) in [5.41, 5.74) is 3.63. The molecular formula is C22H22N6O2S. The number of nitrogens with one attached hydrogen (secondary N) is 2. The maximum absolute atomic E-state index is 12.3. The Bertz CT molecular complexity index is 1220. The predicted octanol–water partition coefficient (Wildman–Crippen LogP) is 4.02. The van der Waals surface area contributed by atoms with Gasteiger partial charge in [0.1, 0.15) is 0 Å². The Morgan fingerprint density at radius 1 is 1.13 bits per heavy atom. The molecule has 1 amide bonds. The van der Waals surface area contributed by atoms with Crippen molar-refractivity contribution in [2.75, 3.05) is 18.4 Å². The van der Waals surface area contributed by atoms with Gasteiger partial charge >= 0.3 is 0 Å². The lowest BCUT2D eigenvalue weighted by Crippen LogP contribution is -2.29. The number of pyridine rings is 1. The molecule has 0 unspecified atom stereocenters. The number of amides is 1. The van der Waals surface area contributed by atoms with Gasteiger partial charge in [0.15, 0.2) is 5.76 Å². The number of carbonyl (C=O) groups is 1. The first-order valence-corrected chi connectivity index (χ1v) is 10.6. The van der Waals surface area contributed by atoms with Crippen molar-refractivity contribution in [1.82, 2.24) is 25.4 Å². The topological polar surface area (TPSA) is 106 Å². The molecule has 0 aromatic carbocycles. The fourth-order valence-corrected chi connectivity index (χ4v) is 3.93. The van der Waals surface area contributed by atoms with Gasteiger partial charge in [-0.1, -0.05) is 5.16 Å². The van der Waals surface area contributed by atoms with Crippen molar-refractivity contribution in [3.8, 4) is 21.9 Å². The zero-order valence-corrected chi connectivity index (χ0v) is 18.3. The number of hydrogen-bond donors (Lipinski definition) is 2. The van der Waals surface area contributed by atoms with Crippen LogP contribution in [0.15, 0.2) is 47.2 Å². The molecule has 0 saturated carbocycles. The first-order valence-electron chi connectivity index (χ1n) is 9.82. The highest BCUT2D eigenvalue weighted by atomic mass is 32.1. The van der Waals surface area contributed by atoms with Gasteiger partial charge in [-0.15, -0.1) is 11.3 Å². The third-order valence-electron chi connectivity index (χ3n) is 4.60. The maximum Gasteiger partial charge on any atom is 0.253 e. The van der Waals surface area contributed by atoms with Gasteiger partial charge in [0, 0.05) is 42.1 Å². The van der Waals surface area contributed by atoms with Crippen molar-refractivity contribution in [3.63, 3.8) is 0 Å². The van der Waals surface area contributed by atoms with Crippen molar-refractivity contribution in [3.05, 3.63) is 64.6 Å². The number of rotatable bonds is 7. The number of thiophene rings is 1. The monoisotopic (exact) mass is 434 g/mol.